The lowest BCUT2D eigenvalue weighted by molar-refractivity contribution is -0.138. The zero-order valence-corrected chi connectivity index (χ0v) is 10.4. The van der Waals surface area contributed by atoms with Crippen LogP contribution in [0.1, 0.15) is 10.6 Å². The second-order valence-electron chi connectivity index (χ2n) is 4.17. The summed E-state index contributed by atoms with van der Waals surface area (Å²) in [5.74, 6) is -2.76. The van der Waals surface area contributed by atoms with E-state index in [1.807, 2.05) is 0 Å². The van der Waals surface area contributed by atoms with Gasteiger partial charge < -0.3 is 20.2 Å². The van der Waals surface area contributed by atoms with Crippen molar-refractivity contribution in [3.8, 4) is 0 Å². The maximum Gasteiger partial charge on any atom is 0.323 e. The molecule has 0 fully saturated rings. The smallest absolute Gasteiger partial charge is 0.323 e. The van der Waals surface area contributed by atoms with Gasteiger partial charge in [0, 0.05) is 5.39 Å². The Hall–Kier alpha value is -2.83. The summed E-state index contributed by atoms with van der Waals surface area (Å²) < 4.78 is 5.34. The predicted molar refractivity (Wildman–Crippen MR) is 68.9 cm³/mol. The van der Waals surface area contributed by atoms with Crippen LogP contribution in [0, 0.1) is 0 Å². The topological polar surface area (TPSA) is 114 Å². The first-order valence-electron chi connectivity index (χ1n) is 5.75. The molecule has 104 valence electrons. The van der Waals surface area contributed by atoms with Gasteiger partial charge in [0.2, 0.25) is 5.91 Å². The molecule has 7 nitrogen and oxygen atoms in total. The van der Waals surface area contributed by atoms with Gasteiger partial charge in [0.15, 0.2) is 5.76 Å². The molecule has 7 heteroatoms. The summed E-state index contributed by atoms with van der Waals surface area (Å²) in [6.45, 7) is -1.11. The molecule has 2 aromatic rings. The quantitative estimate of drug-likeness (QED) is 0.822. The number of primary amides is 1. The van der Waals surface area contributed by atoms with Gasteiger partial charge in [-0.25, -0.2) is 0 Å². The summed E-state index contributed by atoms with van der Waals surface area (Å²) in [7, 11) is 0. The van der Waals surface area contributed by atoms with Crippen LogP contribution in [0.15, 0.2) is 34.7 Å². The monoisotopic (exact) mass is 276 g/mol. The Bertz CT molecular complexity index is 627. The summed E-state index contributed by atoms with van der Waals surface area (Å²) in [5.41, 5.74) is 5.51. The zero-order valence-electron chi connectivity index (χ0n) is 10.4. The van der Waals surface area contributed by atoms with Gasteiger partial charge in [0.1, 0.15) is 18.7 Å². The second kappa shape index (κ2) is 5.43. The first-order valence-corrected chi connectivity index (χ1v) is 5.75. The number of hydrogen-bond acceptors (Lipinski definition) is 4. The number of nitrogens with zero attached hydrogens (tertiary/aromatic N) is 1. The number of carbonyl (C=O) groups is 3. The SMILES string of the molecule is NC(=O)CN(CC(=O)O)C(=O)c1cc2ccccc2o1. The molecule has 0 saturated carbocycles. The van der Waals surface area contributed by atoms with Gasteiger partial charge >= 0.3 is 5.97 Å². The molecule has 0 unspecified atom stereocenters. The third kappa shape index (κ3) is 2.94. The lowest BCUT2D eigenvalue weighted by atomic mass is 10.2. The lowest BCUT2D eigenvalue weighted by Crippen LogP contribution is -2.41. The molecule has 0 spiro atoms. The van der Waals surface area contributed by atoms with Crippen LogP contribution in [0.4, 0.5) is 0 Å². The molecule has 0 aliphatic rings. The van der Waals surface area contributed by atoms with Crippen molar-refractivity contribution >= 4 is 28.8 Å². The fourth-order valence-corrected chi connectivity index (χ4v) is 1.79. The van der Waals surface area contributed by atoms with E-state index in [1.165, 1.54) is 6.07 Å². The van der Waals surface area contributed by atoms with Gasteiger partial charge in [-0.3, -0.25) is 14.4 Å². The minimum absolute atomic E-state index is 0.0336. The largest absolute Gasteiger partial charge is 0.480 e. The molecule has 20 heavy (non-hydrogen) atoms. The number of carbonyl (C=O) groups excluding carboxylic acids is 2. The number of amides is 2. The van der Waals surface area contributed by atoms with Crippen LogP contribution in [0.5, 0.6) is 0 Å². The van der Waals surface area contributed by atoms with E-state index in [4.69, 9.17) is 15.3 Å². The van der Waals surface area contributed by atoms with Crippen LogP contribution in [0.2, 0.25) is 0 Å². The number of furan rings is 1. The van der Waals surface area contributed by atoms with Crippen molar-refractivity contribution in [2.45, 2.75) is 0 Å². The molecule has 2 amide bonds. The van der Waals surface area contributed by atoms with Gasteiger partial charge in [-0.1, -0.05) is 18.2 Å². The first kappa shape index (κ1) is 13.6. The highest BCUT2D eigenvalue weighted by molar-refractivity contribution is 5.99. The summed E-state index contributed by atoms with van der Waals surface area (Å²) >= 11 is 0. The molecule has 3 N–H and O–H groups in total. The Morgan fingerprint density at radius 2 is 1.90 bits per heavy atom. The molecule has 0 aliphatic heterocycles. The molecule has 0 aliphatic carbocycles. The van der Waals surface area contributed by atoms with Gasteiger partial charge in [0.05, 0.1) is 0 Å². The molecular weight excluding hydrogens is 264 g/mol. The Morgan fingerprint density at radius 1 is 1.20 bits per heavy atom. The number of carboxylic acids is 1. The van der Waals surface area contributed by atoms with Crippen molar-refractivity contribution in [1.82, 2.24) is 4.90 Å². The molecule has 0 atom stereocenters. The first-order chi connectivity index (χ1) is 9.47. The Labute approximate surface area is 113 Å². The maximum absolute atomic E-state index is 12.1. The summed E-state index contributed by atoms with van der Waals surface area (Å²) in [5, 5.41) is 9.47. The van der Waals surface area contributed by atoms with Crippen molar-refractivity contribution in [2.75, 3.05) is 13.1 Å². The van der Waals surface area contributed by atoms with Crippen LogP contribution in [-0.4, -0.2) is 40.9 Å². The van der Waals surface area contributed by atoms with Crippen LogP contribution in [0.3, 0.4) is 0 Å². The highest BCUT2D eigenvalue weighted by atomic mass is 16.4. The van der Waals surface area contributed by atoms with Crippen LogP contribution in [-0.2, 0) is 9.59 Å². The maximum atomic E-state index is 12.1. The predicted octanol–water partition coefficient (Wildman–Crippen LogP) is 0.445. The van der Waals surface area contributed by atoms with E-state index in [0.29, 0.717) is 11.0 Å². The van der Waals surface area contributed by atoms with E-state index in [0.717, 1.165) is 4.90 Å². The molecular formula is C13H12N2O5. The van der Waals surface area contributed by atoms with Crippen molar-refractivity contribution in [3.05, 3.63) is 36.1 Å². The molecule has 2 rings (SSSR count). The zero-order chi connectivity index (χ0) is 14.7. The third-order valence-electron chi connectivity index (χ3n) is 2.60. The van der Waals surface area contributed by atoms with E-state index < -0.39 is 30.9 Å². The minimum atomic E-state index is -1.24. The standard InChI is InChI=1S/C13H12N2O5/c14-11(16)6-15(7-12(17)18)13(19)10-5-8-3-1-2-4-9(8)20-10/h1-5H,6-7H2,(H2,14,16)(H,17,18). The third-order valence-corrected chi connectivity index (χ3v) is 2.60. The lowest BCUT2D eigenvalue weighted by Gasteiger charge is -2.17. The number of para-hydroxylation sites is 1. The fraction of sp³-hybridized carbons (Fsp3) is 0.154. The van der Waals surface area contributed by atoms with Crippen LogP contribution >= 0.6 is 0 Å². The van der Waals surface area contributed by atoms with E-state index in [9.17, 15) is 14.4 Å². The number of fused-ring (bicyclic) bond motifs is 1. The highest BCUT2D eigenvalue weighted by Gasteiger charge is 2.23. The Kier molecular flexibility index (Phi) is 3.69. The number of nitrogens with two attached hydrogens (primary N) is 1. The Morgan fingerprint density at radius 3 is 2.50 bits per heavy atom. The molecule has 1 aromatic carbocycles. The average Bonchev–Trinajstić information content (AvgIpc) is 2.79. The normalized spacial score (nSPS) is 10.4. The fourth-order valence-electron chi connectivity index (χ4n) is 1.79. The van der Waals surface area contributed by atoms with E-state index >= 15 is 0 Å². The van der Waals surface area contributed by atoms with E-state index in [2.05, 4.69) is 0 Å². The number of hydrogen-bond donors (Lipinski definition) is 2. The highest BCUT2D eigenvalue weighted by Crippen LogP contribution is 2.19. The van der Waals surface area contributed by atoms with Crippen molar-refractivity contribution in [1.29, 1.82) is 0 Å². The van der Waals surface area contributed by atoms with Gasteiger partial charge in [-0.15, -0.1) is 0 Å². The van der Waals surface area contributed by atoms with Crippen molar-refractivity contribution < 1.29 is 23.9 Å². The summed E-state index contributed by atoms with van der Waals surface area (Å²) in [4.78, 5) is 34.6. The molecule has 1 aromatic heterocycles. The number of aliphatic carboxylic acids is 1. The van der Waals surface area contributed by atoms with E-state index in [-0.39, 0.29) is 5.76 Å². The second-order valence-corrected chi connectivity index (χ2v) is 4.17. The van der Waals surface area contributed by atoms with E-state index in [1.54, 1.807) is 24.3 Å². The summed E-state index contributed by atoms with van der Waals surface area (Å²) in [6.07, 6.45) is 0. The molecule has 0 saturated heterocycles. The van der Waals surface area contributed by atoms with Gasteiger partial charge in [-0.05, 0) is 12.1 Å². The molecule has 0 bridgehead atoms. The van der Waals surface area contributed by atoms with Crippen LogP contribution in [0.25, 0.3) is 11.0 Å². The van der Waals surface area contributed by atoms with Gasteiger partial charge in [0.25, 0.3) is 5.91 Å². The number of carboxylic acid groups (broad SMARTS) is 1. The molecule has 1 heterocycles. The average molecular weight is 276 g/mol. The minimum Gasteiger partial charge on any atom is -0.480 e. The summed E-state index contributed by atoms with van der Waals surface area (Å²) in [6, 6.07) is 8.46. The Balaban J connectivity index is 2.29. The van der Waals surface area contributed by atoms with Crippen molar-refractivity contribution in [2.24, 2.45) is 5.73 Å². The number of rotatable bonds is 5. The van der Waals surface area contributed by atoms with Gasteiger partial charge in [-0.2, -0.15) is 0 Å². The van der Waals surface area contributed by atoms with Crippen molar-refractivity contribution in [3.63, 3.8) is 0 Å². The van der Waals surface area contributed by atoms with Crippen LogP contribution < -0.4 is 5.73 Å². The molecule has 0 radical (unpaired) electrons. The number of benzene rings is 1.